The van der Waals surface area contributed by atoms with Crippen LogP contribution < -0.4 is 5.32 Å². The number of hydrogen-bond donors (Lipinski definition) is 1. The maximum atomic E-state index is 12.9. The van der Waals surface area contributed by atoms with Crippen LogP contribution in [0.3, 0.4) is 0 Å². The van der Waals surface area contributed by atoms with Crippen LogP contribution in [0.5, 0.6) is 0 Å². The molecule has 0 aliphatic heterocycles. The summed E-state index contributed by atoms with van der Waals surface area (Å²) in [6.45, 7) is 3.03. The quantitative estimate of drug-likeness (QED) is 0.773. The molecule has 0 spiro atoms. The molecule has 1 aromatic rings. The molecule has 1 fully saturated rings. The number of rotatable bonds is 5. The number of benzene rings is 1. The number of ketones is 1. The number of hydrogen-bond acceptors (Lipinski definition) is 2. The van der Waals surface area contributed by atoms with Crippen LogP contribution in [0, 0.1) is 18.7 Å². The lowest BCUT2D eigenvalue weighted by molar-refractivity contribution is 0.0990. The number of Topliss-reactive ketones (excluding diaryl/α,β-unsaturated/α-hetero) is 1. The molecule has 1 aromatic carbocycles. The van der Waals surface area contributed by atoms with E-state index in [4.69, 9.17) is 0 Å². The average molecular weight is 221 g/mol. The zero-order valence-corrected chi connectivity index (χ0v) is 9.42. The van der Waals surface area contributed by atoms with Gasteiger partial charge in [0.05, 0.1) is 6.54 Å². The Bertz CT molecular complexity index is 399. The van der Waals surface area contributed by atoms with Crippen LogP contribution in [0.1, 0.15) is 28.8 Å². The van der Waals surface area contributed by atoms with E-state index in [1.807, 2.05) is 0 Å². The van der Waals surface area contributed by atoms with Crippen LogP contribution in [-0.4, -0.2) is 18.9 Å². The Labute approximate surface area is 94.9 Å². The van der Waals surface area contributed by atoms with Crippen molar-refractivity contribution in [2.75, 3.05) is 13.1 Å². The van der Waals surface area contributed by atoms with E-state index in [2.05, 4.69) is 5.32 Å². The second-order valence-electron chi connectivity index (χ2n) is 4.46. The maximum Gasteiger partial charge on any atom is 0.176 e. The lowest BCUT2D eigenvalue weighted by Crippen LogP contribution is -2.25. The molecule has 1 N–H and O–H groups in total. The maximum absolute atomic E-state index is 12.9. The summed E-state index contributed by atoms with van der Waals surface area (Å²) in [6, 6.07) is 4.29. The smallest absolute Gasteiger partial charge is 0.176 e. The molecule has 2 rings (SSSR count). The molecule has 1 aliphatic rings. The molecule has 3 heteroatoms. The molecule has 0 bridgehead atoms. The number of halogens is 1. The van der Waals surface area contributed by atoms with Crippen molar-refractivity contribution in [3.63, 3.8) is 0 Å². The normalized spacial score (nSPS) is 15.1. The highest BCUT2D eigenvalue weighted by Gasteiger charge is 2.20. The van der Waals surface area contributed by atoms with Gasteiger partial charge >= 0.3 is 0 Å². The highest BCUT2D eigenvalue weighted by atomic mass is 19.1. The van der Waals surface area contributed by atoms with Crippen LogP contribution in [-0.2, 0) is 0 Å². The first-order valence-electron chi connectivity index (χ1n) is 5.67. The van der Waals surface area contributed by atoms with Gasteiger partial charge in [-0.2, -0.15) is 0 Å². The van der Waals surface area contributed by atoms with Gasteiger partial charge in [-0.25, -0.2) is 4.39 Å². The first-order chi connectivity index (χ1) is 7.66. The predicted octanol–water partition coefficient (Wildman–Crippen LogP) is 2.32. The van der Waals surface area contributed by atoms with Gasteiger partial charge in [0.1, 0.15) is 5.82 Å². The molecule has 0 aromatic heterocycles. The Morgan fingerprint density at radius 3 is 2.88 bits per heavy atom. The van der Waals surface area contributed by atoms with Gasteiger partial charge in [-0.15, -0.1) is 0 Å². The Morgan fingerprint density at radius 2 is 2.25 bits per heavy atom. The summed E-state index contributed by atoms with van der Waals surface area (Å²) < 4.78 is 12.9. The molecule has 0 atom stereocenters. The second-order valence-corrected chi connectivity index (χ2v) is 4.46. The minimum Gasteiger partial charge on any atom is -0.309 e. The van der Waals surface area contributed by atoms with Crippen LogP contribution in [0.25, 0.3) is 0 Å². The fourth-order valence-electron chi connectivity index (χ4n) is 1.75. The molecule has 1 aliphatic carbocycles. The summed E-state index contributed by atoms with van der Waals surface area (Å²) in [6.07, 6.45) is 2.55. The SMILES string of the molecule is Cc1cc(F)ccc1C(=O)CNCC1CC1. The molecule has 0 unspecified atom stereocenters. The minimum absolute atomic E-state index is 0.0400. The molecular weight excluding hydrogens is 205 g/mol. The zero-order valence-electron chi connectivity index (χ0n) is 9.42. The number of carbonyl (C=O) groups is 1. The average Bonchev–Trinajstić information content (AvgIpc) is 3.01. The summed E-state index contributed by atoms with van der Waals surface area (Å²) in [5.41, 5.74) is 1.32. The topological polar surface area (TPSA) is 29.1 Å². The van der Waals surface area contributed by atoms with Gasteiger partial charge in [0.25, 0.3) is 0 Å². The predicted molar refractivity (Wildman–Crippen MR) is 61.1 cm³/mol. The Balaban J connectivity index is 1.91. The van der Waals surface area contributed by atoms with Crippen molar-refractivity contribution >= 4 is 5.78 Å². The molecule has 0 heterocycles. The van der Waals surface area contributed by atoms with Crippen molar-refractivity contribution in [3.8, 4) is 0 Å². The van der Waals surface area contributed by atoms with Gasteiger partial charge in [0, 0.05) is 5.56 Å². The minimum atomic E-state index is -0.292. The van der Waals surface area contributed by atoms with E-state index in [1.54, 1.807) is 13.0 Å². The van der Waals surface area contributed by atoms with Gasteiger partial charge in [0.15, 0.2) is 5.78 Å². The fourth-order valence-corrected chi connectivity index (χ4v) is 1.75. The van der Waals surface area contributed by atoms with Crippen LogP contribution in [0.4, 0.5) is 4.39 Å². The summed E-state index contributed by atoms with van der Waals surface area (Å²) in [5.74, 6) is 0.514. The molecule has 0 amide bonds. The summed E-state index contributed by atoms with van der Waals surface area (Å²) in [4.78, 5) is 11.8. The monoisotopic (exact) mass is 221 g/mol. The van der Waals surface area contributed by atoms with Crippen molar-refractivity contribution in [3.05, 3.63) is 35.1 Å². The number of carbonyl (C=O) groups excluding carboxylic acids is 1. The standard InChI is InChI=1S/C13H16FNO/c1-9-6-11(14)4-5-12(9)13(16)8-15-7-10-2-3-10/h4-6,10,15H,2-3,7-8H2,1H3. The van der Waals surface area contributed by atoms with Crippen molar-refractivity contribution in [2.24, 2.45) is 5.92 Å². The molecule has 0 saturated heterocycles. The van der Waals surface area contributed by atoms with Crippen molar-refractivity contribution in [1.82, 2.24) is 5.32 Å². The van der Waals surface area contributed by atoms with Gasteiger partial charge < -0.3 is 5.32 Å². The third-order valence-electron chi connectivity index (χ3n) is 2.90. The first kappa shape index (κ1) is 11.3. The van der Waals surface area contributed by atoms with Gasteiger partial charge in [-0.05, 0) is 56.0 Å². The third-order valence-corrected chi connectivity index (χ3v) is 2.90. The van der Waals surface area contributed by atoms with Crippen molar-refractivity contribution in [2.45, 2.75) is 19.8 Å². The number of nitrogens with one attached hydrogen (secondary N) is 1. The zero-order chi connectivity index (χ0) is 11.5. The lowest BCUT2D eigenvalue weighted by atomic mass is 10.0. The Hall–Kier alpha value is -1.22. The molecule has 0 radical (unpaired) electrons. The number of aryl methyl sites for hydroxylation is 1. The molecule has 1 saturated carbocycles. The summed E-state index contributed by atoms with van der Waals surface area (Å²) in [5, 5.41) is 3.14. The Morgan fingerprint density at radius 1 is 1.50 bits per heavy atom. The van der Waals surface area contributed by atoms with Crippen LogP contribution >= 0.6 is 0 Å². The Kier molecular flexibility index (Phi) is 3.34. The van der Waals surface area contributed by atoms with Gasteiger partial charge in [-0.3, -0.25) is 4.79 Å². The lowest BCUT2D eigenvalue weighted by Gasteiger charge is -2.06. The second kappa shape index (κ2) is 4.74. The molecule has 2 nitrogen and oxygen atoms in total. The largest absolute Gasteiger partial charge is 0.309 e. The van der Waals surface area contributed by atoms with Crippen LogP contribution in [0.15, 0.2) is 18.2 Å². The van der Waals surface area contributed by atoms with E-state index in [0.717, 1.165) is 12.5 Å². The highest BCUT2D eigenvalue weighted by Crippen LogP contribution is 2.27. The van der Waals surface area contributed by atoms with E-state index >= 15 is 0 Å². The third kappa shape index (κ3) is 2.89. The van der Waals surface area contributed by atoms with E-state index < -0.39 is 0 Å². The van der Waals surface area contributed by atoms with Crippen molar-refractivity contribution < 1.29 is 9.18 Å². The van der Waals surface area contributed by atoms with E-state index in [-0.39, 0.29) is 11.6 Å². The molecule has 86 valence electrons. The molecule has 16 heavy (non-hydrogen) atoms. The van der Waals surface area contributed by atoms with E-state index in [0.29, 0.717) is 17.7 Å². The highest BCUT2D eigenvalue weighted by molar-refractivity contribution is 5.98. The van der Waals surface area contributed by atoms with E-state index in [9.17, 15) is 9.18 Å². The fraction of sp³-hybridized carbons (Fsp3) is 0.462. The first-order valence-corrected chi connectivity index (χ1v) is 5.67. The van der Waals surface area contributed by atoms with Gasteiger partial charge in [-0.1, -0.05) is 0 Å². The molecular formula is C13H16FNO. The van der Waals surface area contributed by atoms with Gasteiger partial charge in [0.2, 0.25) is 0 Å². The van der Waals surface area contributed by atoms with Crippen molar-refractivity contribution in [1.29, 1.82) is 0 Å². The van der Waals surface area contributed by atoms with E-state index in [1.165, 1.54) is 25.0 Å². The van der Waals surface area contributed by atoms with Crippen LogP contribution in [0.2, 0.25) is 0 Å². The summed E-state index contributed by atoms with van der Waals surface area (Å²) >= 11 is 0. The summed E-state index contributed by atoms with van der Waals surface area (Å²) in [7, 11) is 0.